The van der Waals surface area contributed by atoms with Gasteiger partial charge in [0.2, 0.25) is 0 Å². The van der Waals surface area contributed by atoms with E-state index in [1.54, 1.807) is 29.1 Å². The number of aromatic nitrogens is 3. The molecule has 6 heteroatoms. The van der Waals surface area contributed by atoms with E-state index < -0.39 is 5.41 Å². The van der Waals surface area contributed by atoms with Gasteiger partial charge in [0.15, 0.2) is 0 Å². The molecule has 0 radical (unpaired) electrons. The fraction of sp³-hybridized carbons (Fsp3) is 0.333. The lowest BCUT2D eigenvalue weighted by atomic mass is 9.84. The summed E-state index contributed by atoms with van der Waals surface area (Å²) in [4.78, 5) is 12.9. The molecule has 0 aliphatic rings. The van der Waals surface area contributed by atoms with Crippen LogP contribution in [-0.4, -0.2) is 26.8 Å². The zero-order valence-electron chi connectivity index (χ0n) is 16.4. The van der Waals surface area contributed by atoms with Crippen molar-refractivity contribution in [1.29, 1.82) is 0 Å². The van der Waals surface area contributed by atoms with Gasteiger partial charge < -0.3 is 9.88 Å². The number of nitrogens with one attached hydrogen (secondary N) is 1. The monoisotopic (exact) mass is 368 g/mol. The van der Waals surface area contributed by atoms with Crippen molar-refractivity contribution in [3.63, 3.8) is 0 Å². The minimum absolute atomic E-state index is 0.227. The van der Waals surface area contributed by atoms with Crippen molar-refractivity contribution < 1.29 is 9.18 Å². The third kappa shape index (κ3) is 3.52. The van der Waals surface area contributed by atoms with Crippen LogP contribution in [0.1, 0.15) is 41.2 Å². The van der Waals surface area contributed by atoms with Crippen LogP contribution in [0.3, 0.4) is 0 Å². The maximum atomic E-state index is 14.1. The topological polar surface area (TPSA) is 51.9 Å². The van der Waals surface area contributed by atoms with E-state index in [-0.39, 0.29) is 11.7 Å². The smallest absolute Gasteiger partial charge is 0.256 e. The van der Waals surface area contributed by atoms with Crippen molar-refractivity contribution in [2.45, 2.75) is 33.1 Å². The largest absolute Gasteiger partial charge is 0.351 e. The number of halogens is 1. The van der Waals surface area contributed by atoms with E-state index in [0.717, 1.165) is 17.2 Å². The van der Waals surface area contributed by atoms with Crippen LogP contribution >= 0.6 is 0 Å². The van der Waals surface area contributed by atoms with E-state index >= 15 is 0 Å². The minimum Gasteiger partial charge on any atom is -0.351 e. The molecule has 0 saturated heterocycles. The van der Waals surface area contributed by atoms with Gasteiger partial charge in [0.25, 0.3) is 5.91 Å². The van der Waals surface area contributed by atoms with E-state index in [0.29, 0.717) is 17.7 Å². The second kappa shape index (κ2) is 7.02. The molecule has 0 bridgehead atoms. The molecule has 142 valence electrons. The lowest BCUT2D eigenvalue weighted by Crippen LogP contribution is -2.37. The van der Waals surface area contributed by atoms with Crippen LogP contribution in [0.5, 0.6) is 0 Å². The van der Waals surface area contributed by atoms with Gasteiger partial charge in [-0.15, -0.1) is 0 Å². The third-order valence-electron chi connectivity index (χ3n) is 4.93. The van der Waals surface area contributed by atoms with Crippen molar-refractivity contribution in [3.05, 3.63) is 70.9 Å². The summed E-state index contributed by atoms with van der Waals surface area (Å²) >= 11 is 0. The molecule has 0 aliphatic carbocycles. The fourth-order valence-electron chi connectivity index (χ4n) is 3.36. The molecule has 1 amide bonds. The maximum Gasteiger partial charge on any atom is 0.256 e. The van der Waals surface area contributed by atoms with E-state index in [1.165, 1.54) is 6.07 Å². The Morgan fingerprint density at radius 2 is 1.78 bits per heavy atom. The number of hydrogen-bond acceptors (Lipinski definition) is 2. The summed E-state index contributed by atoms with van der Waals surface area (Å²) < 4.78 is 17.8. The molecule has 3 rings (SSSR count). The van der Waals surface area contributed by atoms with Crippen LogP contribution in [0.25, 0.3) is 5.82 Å². The van der Waals surface area contributed by atoms with Gasteiger partial charge in [-0.25, -0.2) is 4.39 Å². The molecule has 0 atom stereocenters. The normalized spacial score (nSPS) is 11.6. The molecule has 2 aromatic heterocycles. The first-order valence-electron chi connectivity index (χ1n) is 8.93. The summed E-state index contributed by atoms with van der Waals surface area (Å²) in [6.07, 6.45) is 1.57. The molecular formula is C21H25FN4O. The molecular weight excluding hydrogens is 343 g/mol. The Bertz CT molecular complexity index is 964. The Balaban J connectivity index is 1.85. The highest BCUT2D eigenvalue weighted by molar-refractivity contribution is 5.97. The number of amides is 1. The minimum atomic E-state index is -0.539. The SMILES string of the molecule is Cc1ccc(C)n1-c1c(C(=O)NCC(C)(C)c2ccccc2F)cnn1C. The van der Waals surface area contributed by atoms with E-state index in [2.05, 4.69) is 10.4 Å². The third-order valence-corrected chi connectivity index (χ3v) is 4.93. The molecule has 0 aliphatic heterocycles. The van der Waals surface area contributed by atoms with Gasteiger partial charge in [-0.05, 0) is 37.6 Å². The molecule has 3 aromatic rings. The van der Waals surface area contributed by atoms with Gasteiger partial charge in [0.1, 0.15) is 17.2 Å². The molecule has 27 heavy (non-hydrogen) atoms. The average molecular weight is 368 g/mol. The van der Waals surface area contributed by atoms with Crippen LogP contribution in [0.15, 0.2) is 42.6 Å². The molecule has 1 aromatic carbocycles. The highest BCUT2D eigenvalue weighted by Crippen LogP contribution is 2.25. The number of carbonyl (C=O) groups excluding carboxylic acids is 1. The van der Waals surface area contributed by atoms with Crippen molar-refractivity contribution in [3.8, 4) is 5.82 Å². The first-order chi connectivity index (χ1) is 12.7. The standard InChI is InChI=1S/C21H25FN4O/c1-14-10-11-15(2)26(14)20-16(12-24-25(20)5)19(27)23-13-21(3,4)17-8-6-7-9-18(17)22/h6-12H,13H2,1-5H3,(H,23,27). The summed E-state index contributed by atoms with van der Waals surface area (Å²) in [7, 11) is 1.81. The summed E-state index contributed by atoms with van der Waals surface area (Å²) in [5.74, 6) is 0.226. The maximum absolute atomic E-state index is 14.1. The summed E-state index contributed by atoms with van der Waals surface area (Å²) in [5, 5.41) is 7.21. The van der Waals surface area contributed by atoms with Crippen molar-refractivity contribution in [1.82, 2.24) is 19.7 Å². The van der Waals surface area contributed by atoms with Gasteiger partial charge in [-0.3, -0.25) is 9.48 Å². The van der Waals surface area contributed by atoms with Crippen LogP contribution in [0, 0.1) is 19.7 Å². The Kier molecular flexibility index (Phi) is 4.91. The first kappa shape index (κ1) is 18.9. The molecule has 2 heterocycles. The molecule has 0 spiro atoms. The zero-order chi connectivity index (χ0) is 19.8. The Morgan fingerprint density at radius 3 is 2.41 bits per heavy atom. The van der Waals surface area contributed by atoms with Gasteiger partial charge in [0, 0.05) is 30.4 Å². The lowest BCUT2D eigenvalue weighted by Gasteiger charge is -2.26. The number of aryl methyl sites for hydroxylation is 3. The molecule has 0 fully saturated rings. The Hall–Kier alpha value is -2.89. The van der Waals surface area contributed by atoms with Gasteiger partial charge in [-0.1, -0.05) is 32.0 Å². The van der Waals surface area contributed by atoms with Crippen LogP contribution in [0.2, 0.25) is 0 Å². The summed E-state index contributed by atoms with van der Waals surface area (Å²) in [6.45, 7) is 8.11. The average Bonchev–Trinajstić information content (AvgIpc) is 3.15. The van der Waals surface area contributed by atoms with Crippen LogP contribution < -0.4 is 5.32 Å². The Morgan fingerprint density at radius 1 is 1.15 bits per heavy atom. The first-order valence-corrected chi connectivity index (χ1v) is 8.93. The number of rotatable bonds is 5. The molecule has 1 N–H and O–H groups in total. The summed E-state index contributed by atoms with van der Waals surface area (Å²) in [6, 6.07) is 10.7. The van der Waals surface area contributed by atoms with E-state index in [1.807, 2.05) is 51.4 Å². The molecule has 0 unspecified atom stereocenters. The van der Waals surface area contributed by atoms with E-state index in [4.69, 9.17) is 0 Å². The number of carbonyl (C=O) groups is 1. The van der Waals surface area contributed by atoms with Gasteiger partial charge >= 0.3 is 0 Å². The highest BCUT2D eigenvalue weighted by Gasteiger charge is 2.26. The highest BCUT2D eigenvalue weighted by atomic mass is 19.1. The summed E-state index contributed by atoms with van der Waals surface area (Å²) in [5.41, 5.74) is 2.58. The van der Waals surface area contributed by atoms with Crippen LogP contribution in [0.4, 0.5) is 4.39 Å². The lowest BCUT2D eigenvalue weighted by molar-refractivity contribution is 0.0945. The number of nitrogens with zero attached hydrogens (tertiary/aromatic N) is 3. The van der Waals surface area contributed by atoms with Crippen molar-refractivity contribution in [2.75, 3.05) is 6.54 Å². The Labute approximate surface area is 158 Å². The fourth-order valence-corrected chi connectivity index (χ4v) is 3.36. The van der Waals surface area contributed by atoms with Gasteiger partial charge in [0.05, 0.1) is 6.20 Å². The zero-order valence-corrected chi connectivity index (χ0v) is 16.4. The number of benzene rings is 1. The predicted molar refractivity (Wildman–Crippen MR) is 104 cm³/mol. The van der Waals surface area contributed by atoms with Crippen molar-refractivity contribution >= 4 is 5.91 Å². The van der Waals surface area contributed by atoms with Crippen molar-refractivity contribution in [2.24, 2.45) is 7.05 Å². The molecule has 5 nitrogen and oxygen atoms in total. The predicted octanol–water partition coefficient (Wildman–Crippen LogP) is 3.67. The van der Waals surface area contributed by atoms with E-state index in [9.17, 15) is 9.18 Å². The quantitative estimate of drug-likeness (QED) is 0.747. The second-order valence-electron chi connectivity index (χ2n) is 7.50. The van der Waals surface area contributed by atoms with Gasteiger partial charge in [-0.2, -0.15) is 5.10 Å². The van der Waals surface area contributed by atoms with Crippen LogP contribution in [-0.2, 0) is 12.5 Å². The second-order valence-corrected chi connectivity index (χ2v) is 7.50. The number of hydrogen-bond donors (Lipinski definition) is 1. The molecule has 0 saturated carbocycles.